The van der Waals surface area contributed by atoms with Crippen molar-refractivity contribution in [1.29, 1.82) is 0 Å². The molecule has 0 heterocycles. The van der Waals surface area contributed by atoms with Crippen LogP contribution in [0.4, 0.5) is 8.78 Å². The first-order chi connectivity index (χ1) is 14.1. The molecular weight excluding hydrogens is 396 g/mol. The number of hydrogen-bond donors (Lipinski definition) is 1. The SMILES string of the molecule is COc1cc(CNCCc2ccccc2F)ccc1OCc1ccc(F)cc1Cl. The van der Waals surface area contributed by atoms with Gasteiger partial charge in [-0.25, -0.2) is 8.78 Å². The maximum absolute atomic E-state index is 13.6. The van der Waals surface area contributed by atoms with Crippen molar-refractivity contribution < 1.29 is 18.3 Å². The number of ether oxygens (including phenoxy) is 2. The van der Waals surface area contributed by atoms with Crippen LogP contribution < -0.4 is 14.8 Å². The molecule has 3 aromatic carbocycles. The molecule has 0 saturated heterocycles. The van der Waals surface area contributed by atoms with Crippen LogP contribution in [-0.4, -0.2) is 13.7 Å². The highest BCUT2D eigenvalue weighted by atomic mass is 35.5. The Morgan fingerprint density at radius 3 is 2.52 bits per heavy atom. The molecule has 0 aromatic heterocycles. The second kappa shape index (κ2) is 10.2. The zero-order chi connectivity index (χ0) is 20.6. The van der Waals surface area contributed by atoms with E-state index >= 15 is 0 Å². The lowest BCUT2D eigenvalue weighted by Crippen LogP contribution is -2.17. The summed E-state index contributed by atoms with van der Waals surface area (Å²) in [5.41, 5.74) is 2.40. The molecule has 0 saturated carbocycles. The van der Waals surface area contributed by atoms with Gasteiger partial charge in [-0.15, -0.1) is 0 Å². The first-order valence-electron chi connectivity index (χ1n) is 9.24. The number of nitrogens with one attached hydrogen (secondary N) is 1. The van der Waals surface area contributed by atoms with Gasteiger partial charge >= 0.3 is 0 Å². The fourth-order valence-electron chi connectivity index (χ4n) is 2.89. The van der Waals surface area contributed by atoms with Gasteiger partial charge in [-0.1, -0.05) is 41.9 Å². The van der Waals surface area contributed by atoms with Crippen LogP contribution in [0.1, 0.15) is 16.7 Å². The highest BCUT2D eigenvalue weighted by Gasteiger charge is 2.09. The van der Waals surface area contributed by atoms with Gasteiger partial charge in [0.25, 0.3) is 0 Å². The molecule has 0 spiro atoms. The molecular formula is C23H22ClF2NO2. The molecule has 0 aliphatic carbocycles. The third kappa shape index (κ3) is 5.92. The second-order valence-corrected chi connectivity index (χ2v) is 6.94. The zero-order valence-electron chi connectivity index (χ0n) is 16.1. The Bertz CT molecular complexity index is 965. The molecule has 0 atom stereocenters. The summed E-state index contributed by atoms with van der Waals surface area (Å²) in [6.07, 6.45) is 0.615. The zero-order valence-corrected chi connectivity index (χ0v) is 16.8. The molecule has 6 heteroatoms. The van der Waals surface area contributed by atoms with E-state index in [1.54, 1.807) is 25.3 Å². The topological polar surface area (TPSA) is 30.5 Å². The average molecular weight is 418 g/mol. The van der Waals surface area contributed by atoms with Crippen LogP contribution in [0.15, 0.2) is 60.7 Å². The van der Waals surface area contributed by atoms with Gasteiger partial charge in [0.05, 0.1) is 12.1 Å². The third-order valence-corrected chi connectivity index (χ3v) is 4.84. The van der Waals surface area contributed by atoms with Gasteiger partial charge in [0, 0.05) is 12.1 Å². The standard InChI is InChI=1S/C23H22ClF2NO2/c1-28-23-12-16(14-27-11-10-17-4-2-3-5-21(17)26)6-9-22(23)29-15-18-7-8-19(25)13-20(18)24/h2-9,12-13,27H,10-11,14-15H2,1H3. The van der Waals surface area contributed by atoms with Gasteiger partial charge in [0.1, 0.15) is 18.2 Å². The summed E-state index contributed by atoms with van der Waals surface area (Å²) in [5.74, 6) is 0.599. The summed E-state index contributed by atoms with van der Waals surface area (Å²) >= 11 is 6.04. The fraction of sp³-hybridized carbons (Fsp3) is 0.217. The summed E-state index contributed by atoms with van der Waals surface area (Å²) in [6, 6.07) is 16.6. The van der Waals surface area contributed by atoms with Crippen LogP contribution in [0, 0.1) is 11.6 Å². The molecule has 0 aliphatic heterocycles. The van der Waals surface area contributed by atoms with Crippen molar-refractivity contribution in [3.8, 4) is 11.5 Å². The van der Waals surface area contributed by atoms with Crippen LogP contribution in [0.3, 0.4) is 0 Å². The first-order valence-corrected chi connectivity index (χ1v) is 9.62. The van der Waals surface area contributed by atoms with Crippen LogP contribution in [0.2, 0.25) is 5.02 Å². The Morgan fingerprint density at radius 2 is 1.76 bits per heavy atom. The maximum atomic E-state index is 13.6. The highest BCUT2D eigenvalue weighted by Crippen LogP contribution is 2.29. The van der Waals surface area contributed by atoms with Crippen molar-refractivity contribution in [3.63, 3.8) is 0 Å². The summed E-state index contributed by atoms with van der Waals surface area (Å²) in [7, 11) is 1.57. The Labute approximate surface area is 174 Å². The summed E-state index contributed by atoms with van der Waals surface area (Å²) in [4.78, 5) is 0. The molecule has 3 aromatic rings. The minimum atomic E-state index is -0.386. The van der Waals surface area contributed by atoms with Gasteiger partial charge in [0.15, 0.2) is 11.5 Å². The molecule has 1 N–H and O–H groups in total. The third-order valence-electron chi connectivity index (χ3n) is 4.48. The molecule has 3 nitrogen and oxygen atoms in total. The van der Waals surface area contributed by atoms with Crippen molar-refractivity contribution in [2.45, 2.75) is 19.6 Å². The highest BCUT2D eigenvalue weighted by molar-refractivity contribution is 6.31. The quantitative estimate of drug-likeness (QED) is 0.464. The summed E-state index contributed by atoms with van der Waals surface area (Å²) in [6.45, 7) is 1.48. The van der Waals surface area contributed by atoms with Gasteiger partial charge in [0.2, 0.25) is 0 Å². The van der Waals surface area contributed by atoms with E-state index in [1.807, 2.05) is 24.3 Å². The lowest BCUT2D eigenvalue weighted by atomic mass is 10.1. The molecule has 0 unspecified atom stereocenters. The molecule has 0 bridgehead atoms. The van der Waals surface area contributed by atoms with E-state index in [0.29, 0.717) is 47.2 Å². The van der Waals surface area contributed by atoms with Crippen molar-refractivity contribution >= 4 is 11.6 Å². The van der Waals surface area contributed by atoms with E-state index < -0.39 is 0 Å². The summed E-state index contributed by atoms with van der Waals surface area (Å²) in [5, 5.41) is 3.62. The molecule has 3 rings (SSSR count). The van der Waals surface area contributed by atoms with Gasteiger partial charge in [-0.05, 0) is 54.4 Å². The second-order valence-electron chi connectivity index (χ2n) is 6.53. The first kappa shape index (κ1) is 21.1. The Balaban J connectivity index is 1.54. The molecule has 0 aliphatic rings. The van der Waals surface area contributed by atoms with Crippen LogP contribution in [0.5, 0.6) is 11.5 Å². The van der Waals surface area contributed by atoms with E-state index in [9.17, 15) is 8.78 Å². The minimum Gasteiger partial charge on any atom is -0.493 e. The number of rotatable bonds is 9. The number of benzene rings is 3. The van der Waals surface area contributed by atoms with Crippen molar-refractivity contribution in [2.75, 3.05) is 13.7 Å². The Morgan fingerprint density at radius 1 is 0.931 bits per heavy atom. The van der Waals surface area contributed by atoms with E-state index in [2.05, 4.69) is 5.32 Å². The normalized spacial score (nSPS) is 10.8. The van der Waals surface area contributed by atoms with E-state index in [4.69, 9.17) is 21.1 Å². The number of halogens is 3. The van der Waals surface area contributed by atoms with E-state index in [0.717, 1.165) is 5.56 Å². The predicted octanol–water partition coefficient (Wildman–Crippen LogP) is 5.54. The van der Waals surface area contributed by atoms with Gasteiger partial charge in [-0.3, -0.25) is 0 Å². The molecule has 0 radical (unpaired) electrons. The molecule has 0 amide bonds. The number of hydrogen-bond acceptors (Lipinski definition) is 3. The lowest BCUT2D eigenvalue weighted by Gasteiger charge is -2.13. The molecule has 152 valence electrons. The largest absolute Gasteiger partial charge is 0.493 e. The maximum Gasteiger partial charge on any atom is 0.161 e. The lowest BCUT2D eigenvalue weighted by molar-refractivity contribution is 0.284. The number of methoxy groups -OCH3 is 1. The van der Waals surface area contributed by atoms with Crippen molar-refractivity contribution in [2.24, 2.45) is 0 Å². The Hall–Kier alpha value is -2.63. The van der Waals surface area contributed by atoms with Gasteiger partial charge in [-0.2, -0.15) is 0 Å². The molecule has 0 fully saturated rings. The van der Waals surface area contributed by atoms with E-state index in [-0.39, 0.29) is 18.2 Å². The van der Waals surface area contributed by atoms with Crippen molar-refractivity contribution in [3.05, 3.63) is 94.0 Å². The van der Waals surface area contributed by atoms with Crippen molar-refractivity contribution in [1.82, 2.24) is 5.32 Å². The van der Waals surface area contributed by atoms with Crippen LogP contribution in [0.25, 0.3) is 0 Å². The predicted molar refractivity (Wildman–Crippen MR) is 111 cm³/mol. The van der Waals surface area contributed by atoms with Crippen LogP contribution in [-0.2, 0) is 19.6 Å². The minimum absolute atomic E-state index is 0.182. The van der Waals surface area contributed by atoms with Crippen LogP contribution >= 0.6 is 11.6 Å². The summed E-state index contributed by atoms with van der Waals surface area (Å²) < 4.78 is 38.0. The van der Waals surface area contributed by atoms with E-state index in [1.165, 1.54) is 18.2 Å². The molecule has 29 heavy (non-hydrogen) atoms. The smallest absolute Gasteiger partial charge is 0.161 e. The Kier molecular flexibility index (Phi) is 7.44. The van der Waals surface area contributed by atoms with Gasteiger partial charge < -0.3 is 14.8 Å². The monoisotopic (exact) mass is 417 g/mol. The average Bonchev–Trinajstić information content (AvgIpc) is 2.72. The fourth-order valence-corrected chi connectivity index (χ4v) is 3.11.